The first-order valence-electron chi connectivity index (χ1n) is 29.2. The van der Waals surface area contributed by atoms with Crippen LogP contribution in [0.5, 0.6) is 0 Å². The fraction of sp³-hybridized carbons (Fsp3) is 0.792. The van der Waals surface area contributed by atoms with Crippen molar-refractivity contribution in [2.75, 3.05) is 140 Å². The van der Waals surface area contributed by atoms with Gasteiger partial charge in [-0.05, 0) is 77.3 Å². The van der Waals surface area contributed by atoms with E-state index < -0.39 is 12.1 Å². The van der Waals surface area contributed by atoms with Crippen molar-refractivity contribution in [1.29, 1.82) is 0 Å². The summed E-state index contributed by atoms with van der Waals surface area (Å²) in [6, 6.07) is -1.13. The topological polar surface area (TPSA) is 301 Å². The van der Waals surface area contributed by atoms with Crippen molar-refractivity contribution in [3.8, 4) is 0 Å². The van der Waals surface area contributed by atoms with Crippen LogP contribution in [0.2, 0.25) is 0 Å². The van der Waals surface area contributed by atoms with Gasteiger partial charge in [0.25, 0.3) is 0 Å². The van der Waals surface area contributed by atoms with E-state index in [4.69, 9.17) is 26.4 Å². The molecule has 6 saturated heterocycles. The number of piperazine rings is 4. The number of hydrogen-bond acceptors (Lipinski definition) is 17. The van der Waals surface area contributed by atoms with Gasteiger partial charge < -0.3 is 71.9 Å². The van der Waals surface area contributed by atoms with Crippen LogP contribution in [-0.2, 0) is 33.6 Å². The van der Waals surface area contributed by atoms with Crippen molar-refractivity contribution in [2.45, 2.75) is 145 Å². The average Bonchev–Trinajstić information content (AvgIpc) is 4.03. The lowest BCUT2D eigenvalue weighted by Crippen LogP contribution is -2.61. The van der Waals surface area contributed by atoms with Crippen molar-refractivity contribution < 1.29 is 38.4 Å². The number of thioether (sulfide) groups is 1. The van der Waals surface area contributed by atoms with Gasteiger partial charge in [-0.3, -0.25) is 33.6 Å². The number of fused-ring (bicyclic) bond motifs is 1. The summed E-state index contributed by atoms with van der Waals surface area (Å²) >= 11 is 1.91. The molecule has 0 unspecified atom stereocenters. The van der Waals surface area contributed by atoms with Crippen molar-refractivity contribution in [2.24, 2.45) is 11.5 Å². The second-order valence-electron chi connectivity index (χ2n) is 22.0. The molecular weight excluding hydrogens is 1030 g/mol. The Morgan fingerprint density at radius 2 is 1.13 bits per heavy atom. The highest BCUT2D eigenvalue weighted by Gasteiger charge is 2.43. The molecule has 7 heterocycles. The summed E-state index contributed by atoms with van der Waals surface area (Å²) in [6.45, 7) is 5.81. The molecule has 0 radical (unpaired) electrons. The lowest BCUT2D eigenvalue weighted by molar-refractivity contribution is -0.156. The van der Waals surface area contributed by atoms with Gasteiger partial charge in [-0.1, -0.05) is 44.9 Å². The molecule has 0 aromatic carbocycles. The highest BCUT2D eigenvalue weighted by atomic mass is 32.2. The Balaban J connectivity index is 0.838. The summed E-state index contributed by atoms with van der Waals surface area (Å²) in [5, 5.41) is 12.9. The first kappa shape index (κ1) is 60.9. The fourth-order valence-corrected chi connectivity index (χ4v) is 12.9. The molecule has 5 atom stereocenters. The minimum atomic E-state index is -0.740. The first-order valence-corrected chi connectivity index (χ1v) is 30.3. The lowest BCUT2D eigenvalue weighted by Gasteiger charge is -2.41. The third kappa shape index (κ3) is 17.4. The normalized spacial score (nSPS) is 21.6. The standard InChI is InChI=1S/C53H89N17O8S/c1-63-33-45(74)69(35-43(63)72)39(17-10-13-21-54)48(76)56-23-15-8-6-4-3-5-7-9-20-42(71)65-25-29-67(30-26-65)51-60-50(57-24-16-12-19-41-47-38(37-79-41)58-53(78)59-47)61-52(62-51)68-31-27-66(28-32-68)49(77)40(18-11-14-22-55)70-36-44(73)64(2)34-46(70)75/h38-41,47H,3-37,54-55H2,1-2H3,(H,56,76)(H2,58,59,78)(H,57,60,61,62)/t38-,39-,40-,41-,47-/m0/s1. The van der Waals surface area contributed by atoms with Gasteiger partial charge in [0, 0.05) is 97.0 Å². The number of carbonyl (C=O) groups is 8. The Kier molecular flexibility index (Phi) is 23.7. The zero-order valence-corrected chi connectivity index (χ0v) is 47.7. The predicted molar refractivity (Wildman–Crippen MR) is 302 cm³/mol. The Morgan fingerprint density at radius 1 is 0.595 bits per heavy atom. The van der Waals surface area contributed by atoms with Crippen LogP contribution in [0.3, 0.4) is 0 Å². The van der Waals surface area contributed by atoms with Crippen LogP contribution >= 0.6 is 11.8 Å². The Hall–Kier alpha value is -5.76. The lowest BCUT2D eigenvalue weighted by atomic mass is 10.0. The highest BCUT2D eigenvalue weighted by Crippen LogP contribution is 2.33. The smallest absolute Gasteiger partial charge is 0.315 e. The third-order valence-electron chi connectivity index (χ3n) is 16.2. The summed E-state index contributed by atoms with van der Waals surface area (Å²) in [5.74, 6) is 1.37. The minimum Gasteiger partial charge on any atom is -0.354 e. The summed E-state index contributed by atoms with van der Waals surface area (Å²) in [4.78, 5) is 132. The monoisotopic (exact) mass is 1120 g/mol. The van der Waals surface area contributed by atoms with Gasteiger partial charge in [0.2, 0.25) is 59.2 Å². The fourth-order valence-electron chi connectivity index (χ4n) is 11.3. The number of carbonyl (C=O) groups excluding carboxylic acids is 8. The predicted octanol–water partition coefficient (Wildman–Crippen LogP) is 0.140. The summed E-state index contributed by atoms with van der Waals surface area (Å²) in [5.41, 5.74) is 11.5. The van der Waals surface area contributed by atoms with Gasteiger partial charge in [0.05, 0.1) is 25.2 Å². The number of anilines is 3. The van der Waals surface area contributed by atoms with Gasteiger partial charge in [-0.15, -0.1) is 0 Å². The molecule has 1 aromatic rings. The number of rotatable bonds is 31. The zero-order valence-electron chi connectivity index (χ0n) is 46.9. The molecule has 8 N–H and O–H groups in total. The molecule has 0 aliphatic carbocycles. The molecular formula is C53H89N17O8S. The van der Waals surface area contributed by atoms with E-state index in [1.54, 1.807) is 19.0 Å². The van der Waals surface area contributed by atoms with Gasteiger partial charge in [-0.25, -0.2) is 4.79 Å². The summed E-state index contributed by atoms with van der Waals surface area (Å²) < 4.78 is 0. The molecule has 0 bridgehead atoms. The molecule has 0 saturated carbocycles. The van der Waals surface area contributed by atoms with Crippen LogP contribution in [0, 0.1) is 0 Å². The number of likely N-dealkylation sites (N-methyl/N-ethyl adjacent to an activating group) is 2. The van der Waals surface area contributed by atoms with Gasteiger partial charge in [-0.2, -0.15) is 26.7 Å². The maximum atomic E-state index is 14.2. The number of hydrogen-bond donors (Lipinski definition) is 6. The van der Waals surface area contributed by atoms with E-state index in [-0.39, 0.29) is 85.6 Å². The van der Waals surface area contributed by atoms with E-state index >= 15 is 0 Å². The first-order chi connectivity index (χ1) is 38.2. The molecule has 6 aliphatic rings. The van der Waals surface area contributed by atoms with Crippen LogP contribution in [0.25, 0.3) is 0 Å². The molecule has 6 aliphatic heterocycles. The minimum absolute atomic E-state index is 0.0174. The van der Waals surface area contributed by atoms with E-state index in [0.29, 0.717) is 140 Å². The van der Waals surface area contributed by atoms with Crippen molar-refractivity contribution in [1.82, 2.24) is 60.3 Å². The number of aromatic nitrogens is 3. The van der Waals surface area contributed by atoms with E-state index in [0.717, 1.165) is 82.8 Å². The molecule has 25 nitrogen and oxygen atoms in total. The number of nitrogens with two attached hydrogens (primary N) is 2. The number of nitrogens with zero attached hydrogens (tertiary/aromatic N) is 11. The van der Waals surface area contributed by atoms with Crippen LogP contribution in [-0.4, -0.2) is 246 Å². The number of nitrogens with one attached hydrogen (secondary N) is 4. The van der Waals surface area contributed by atoms with E-state index in [1.165, 1.54) is 19.6 Å². The van der Waals surface area contributed by atoms with Gasteiger partial charge in [0.15, 0.2) is 0 Å². The Morgan fingerprint density at radius 3 is 1.72 bits per heavy atom. The van der Waals surface area contributed by atoms with E-state index in [1.807, 2.05) is 16.7 Å². The SMILES string of the molecule is CN1CC(=O)N([C@@H](CCCCN)C(=O)NCCCCCCCCCCC(=O)N2CCN(c3nc(NCCCC[C@@H]4SC[C@@H]5NC(=O)N[C@@H]54)nc(N4CCN(C(=O)[C@H](CCCCN)N5CC(=O)N(C)CC5=O)CC4)n3)CC2)CC1=O. The number of unbranched alkanes of at least 4 members (excludes halogenated alkanes) is 10. The van der Waals surface area contributed by atoms with Crippen molar-refractivity contribution in [3.63, 3.8) is 0 Å². The average molecular weight is 1120 g/mol. The molecule has 7 rings (SSSR count). The summed E-state index contributed by atoms with van der Waals surface area (Å²) in [7, 11) is 3.20. The Labute approximate surface area is 470 Å². The molecule has 79 heavy (non-hydrogen) atoms. The van der Waals surface area contributed by atoms with Crippen molar-refractivity contribution in [3.05, 3.63) is 0 Å². The largest absolute Gasteiger partial charge is 0.354 e. The molecule has 0 spiro atoms. The maximum Gasteiger partial charge on any atom is 0.315 e. The highest BCUT2D eigenvalue weighted by molar-refractivity contribution is 8.00. The van der Waals surface area contributed by atoms with Crippen molar-refractivity contribution >= 4 is 77.0 Å². The third-order valence-corrected chi connectivity index (χ3v) is 17.7. The molecule has 26 heteroatoms. The van der Waals surface area contributed by atoms with E-state index in [2.05, 4.69) is 31.1 Å². The van der Waals surface area contributed by atoms with Crippen LogP contribution < -0.4 is 42.5 Å². The second-order valence-corrected chi connectivity index (χ2v) is 23.3. The summed E-state index contributed by atoms with van der Waals surface area (Å²) in [6.07, 6.45) is 15.0. The van der Waals surface area contributed by atoms with Gasteiger partial charge >= 0.3 is 6.03 Å². The van der Waals surface area contributed by atoms with Crippen LogP contribution in [0.4, 0.5) is 22.6 Å². The second kappa shape index (κ2) is 30.7. The van der Waals surface area contributed by atoms with Crippen LogP contribution in [0.15, 0.2) is 0 Å². The number of urea groups is 1. The number of amides is 9. The quantitative estimate of drug-likeness (QED) is 0.0426. The molecule has 6 fully saturated rings. The molecule has 440 valence electrons. The van der Waals surface area contributed by atoms with E-state index in [9.17, 15) is 38.4 Å². The maximum absolute atomic E-state index is 14.2. The molecule has 1 aromatic heterocycles. The zero-order chi connectivity index (χ0) is 56.3. The van der Waals surface area contributed by atoms with Crippen LogP contribution in [0.1, 0.15) is 116 Å². The molecule has 9 amide bonds. The van der Waals surface area contributed by atoms with Gasteiger partial charge in [0.1, 0.15) is 25.2 Å². The Bertz CT molecular complexity index is 2230.